The van der Waals surface area contributed by atoms with Gasteiger partial charge in [-0.2, -0.15) is 0 Å². The van der Waals surface area contributed by atoms with Gasteiger partial charge in [-0.15, -0.1) is 0 Å². The summed E-state index contributed by atoms with van der Waals surface area (Å²) in [4.78, 5) is 49.3. The zero-order chi connectivity index (χ0) is 23.2. The van der Waals surface area contributed by atoms with Crippen LogP contribution in [-0.4, -0.2) is 82.9 Å². The van der Waals surface area contributed by atoms with Gasteiger partial charge < -0.3 is 19.5 Å². The fourth-order valence-corrected chi connectivity index (χ4v) is 5.50. The average molecular weight is 456 g/mol. The smallest absolute Gasteiger partial charge is 0.290 e. The van der Waals surface area contributed by atoms with Gasteiger partial charge in [-0.25, -0.2) is 8.42 Å². The molecule has 0 unspecified atom stereocenters. The highest BCUT2D eigenvalue weighted by Crippen LogP contribution is 2.25. The number of carbonyl (C=O) groups is 3. The van der Waals surface area contributed by atoms with Crippen molar-refractivity contribution in [2.75, 3.05) is 24.6 Å². The first-order valence-corrected chi connectivity index (χ1v) is 12.0. The molecule has 1 N–H and O–H groups in total. The van der Waals surface area contributed by atoms with Gasteiger partial charge in [0.25, 0.3) is 12.0 Å². The molecule has 0 spiro atoms. The number of hydrogen-bond donors (Lipinski definition) is 1. The van der Waals surface area contributed by atoms with Crippen molar-refractivity contribution in [2.24, 2.45) is 5.92 Å². The topological polar surface area (TPSA) is 134 Å². The summed E-state index contributed by atoms with van der Waals surface area (Å²) in [6, 6.07) is 4.41. The average Bonchev–Trinajstić information content (AvgIpc) is 2.72. The summed E-state index contributed by atoms with van der Waals surface area (Å²) >= 11 is 0. The Hall–Kier alpha value is -2.69. The molecule has 2 amide bonds. The summed E-state index contributed by atoms with van der Waals surface area (Å²) in [5.74, 6) is -0.289. The number of aromatic nitrogens is 1. The van der Waals surface area contributed by atoms with E-state index in [0.717, 1.165) is 0 Å². The summed E-state index contributed by atoms with van der Waals surface area (Å²) in [6.45, 7) is 4.37. The van der Waals surface area contributed by atoms with Crippen LogP contribution in [0.4, 0.5) is 0 Å². The zero-order valence-electron chi connectivity index (χ0n) is 17.7. The van der Waals surface area contributed by atoms with Gasteiger partial charge in [0.2, 0.25) is 11.8 Å². The molecular formula is C20H29N3O7S. The lowest BCUT2D eigenvalue weighted by atomic mass is 9.97. The van der Waals surface area contributed by atoms with Crippen LogP contribution in [0.2, 0.25) is 0 Å². The van der Waals surface area contributed by atoms with Gasteiger partial charge in [0.05, 0.1) is 11.5 Å². The number of pyridine rings is 1. The Bertz CT molecular complexity index is 946. The van der Waals surface area contributed by atoms with Crippen LogP contribution >= 0.6 is 0 Å². The molecule has 2 saturated heterocycles. The molecule has 3 heterocycles. The Balaban J connectivity index is 0.00000107. The number of rotatable bonds is 3. The molecule has 0 bridgehead atoms. The molecule has 2 fully saturated rings. The molecule has 1 aromatic heterocycles. The Morgan fingerprint density at radius 1 is 1.10 bits per heavy atom. The molecule has 0 aromatic carbocycles. The van der Waals surface area contributed by atoms with E-state index in [1.165, 1.54) is 10.6 Å². The van der Waals surface area contributed by atoms with E-state index in [1.807, 2.05) is 13.8 Å². The first kappa shape index (κ1) is 24.6. The van der Waals surface area contributed by atoms with Gasteiger partial charge >= 0.3 is 0 Å². The monoisotopic (exact) mass is 455 g/mol. The molecule has 2 atom stereocenters. The lowest BCUT2D eigenvalue weighted by molar-refractivity contribution is -0.149. The van der Waals surface area contributed by atoms with E-state index in [2.05, 4.69) is 0 Å². The maximum Gasteiger partial charge on any atom is 0.290 e. The third-order valence-corrected chi connectivity index (χ3v) is 7.69. The summed E-state index contributed by atoms with van der Waals surface area (Å²) in [7, 11) is -3.01. The fourth-order valence-electron chi connectivity index (χ4n) is 4.01. The summed E-state index contributed by atoms with van der Waals surface area (Å²) < 4.78 is 24.6. The predicted molar refractivity (Wildman–Crippen MR) is 113 cm³/mol. The number of piperazine rings is 1. The van der Waals surface area contributed by atoms with E-state index in [9.17, 15) is 22.8 Å². The number of nitrogens with zero attached hydrogens (tertiary/aromatic N) is 3. The van der Waals surface area contributed by atoms with Crippen LogP contribution in [0.1, 0.15) is 26.7 Å². The molecular weight excluding hydrogens is 426 g/mol. The molecule has 10 nitrogen and oxygen atoms in total. The summed E-state index contributed by atoms with van der Waals surface area (Å²) in [5, 5.41) is 6.89. The van der Waals surface area contributed by atoms with Crippen LogP contribution in [0.5, 0.6) is 0 Å². The first-order valence-electron chi connectivity index (χ1n) is 10.1. The van der Waals surface area contributed by atoms with Crippen molar-refractivity contribution in [1.29, 1.82) is 0 Å². The molecule has 0 saturated carbocycles. The highest BCUT2D eigenvalue weighted by molar-refractivity contribution is 7.91. The Labute approximate surface area is 181 Å². The Kier molecular flexibility index (Phi) is 8.37. The van der Waals surface area contributed by atoms with Crippen LogP contribution in [0, 0.1) is 5.92 Å². The zero-order valence-corrected chi connectivity index (χ0v) is 18.5. The number of hydrogen-bond acceptors (Lipinski definition) is 6. The molecule has 2 aliphatic heterocycles. The van der Waals surface area contributed by atoms with Crippen LogP contribution in [0.15, 0.2) is 29.2 Å². The SMILES string of the molecule is C[C@@H]1[C@@H](C)N(C(=O)C2CCS(=O)(=O)CC2)CCN1C(=O)Cn1ccccc1=O.O=CO. The second kappa shape index (κ2) is 10.6. The second-order valence-corrected chi connectivity index (χ2v) is 10.1. The number of carboxylic acid groups (broad SMARTS) is 1. The lowest BCUT2D eigenvalue weighted by Gasteiger charge is -2.46. The van der Waals surface area contributed by atoms with E-state index in [4.69, 9.17) is 9.90 Å². The van der Waals surface area contributed by atoms with Gasteiger partial charge in [0, 0.05) is 43.4 Å². The molecule has 3 rings (SSSR count). The third kappa shape index (κ3) is 6.16. The van der Waals surface area contributed by atoms with Crippen LogP contribution in [-0.2, 0) is 30.8 Å². The quantitative estimate of drug-likeness (QED) is 0.625. The van der Waals surface area contributed by atoms with E-state index >= 15 is 0 Å². The first-order chi connectivity index (χ1) is 14.6. The van der Waals surface area contributed by atoms with Crippen LogP contribution in [0.25, 0.3) is 0 Å². The molecule has 0 radical (unpaired) electrons. The standard InChI is InChI=1S/C19H27N3O5S.CH2O2/c1-14-15(2)22(19(25)16-6-11-28(26,27)12-7-16)10-9-21(14)18(24)13-20-8-4-3-5-17(20)23;2-1-3/h3-5,8,14-16H,6-7,9-13H2,1-2H3;1H,(H,2,3)/t14-,15-;/m1./s1. The molecule has 0 aliphatic carbocycles. The lowest BCUT2D eigenvalue weighted by Crippen LogP contribution is -2.62. The van der Waals surface area contributed by atoms with Crippen molar-refractivity contribution in [3.05, 3.63) is 34.7 Å². The summed E-state index contributed by atoms with van der Waals surface area (Å²) in [5.41, 5.74) is -0.224. The van der Waals surface area contributed by atoms with Gasteiger partial charge in [0.15, 0.2) is 0 Å². The minimum Gasteiger partial charge on any atom is -0.483 e. The van der Waals surface area contributed by atoms with Crippen molar-refractivity contribution in [1.82, 2.24) is 14.4 Å². The van der Waals surface area contributed by atoms with Crippen molar-refractivity contribution in [2.45, 2.75) is 45.3 Å². The van der Waals surface area contributed by atoms with E-state index in [0.29, 0.717) is 25.9 Å². The van der Waals surface area contributed by atoms with E-state index in [-0.39, 0.29) is 59.9 Å². The van der Waals surface area contributed by atoms with Gasteiger partial charge in [0.1, 0.15) is 16.4 Å². The molecule has 2 aliphatic rings. The van der Waals surface area contributed by atoms with Crippen molar-refractivity contribution >= 4 is 28.1 Å². The normalized spacial score (nSPS) is 23.4. The third-order valence-electron chi connectivity index (χ3n) is 5.98. The molecule has 11 heteroatoms. The minimum absolute atomic E-state index is 0.0133. The van der Waals surface area contributed by atoms with Crippen molar-refractivity contribution in [3.8, 4) is 0 Å². The molecule has 1 aromatic rings. The highest BCUT2D eigenvalue weighted by Gasteiger charge is 2.39. The minimum atomic E-state index is -3.01. The van der Waals surface area contributed by atoms with E-state index < -0.39 is 9.84 Å². The van der Waals surface area contributed by atoms with Gasteiger partial charge in [-0.3, -0.25) is 19.2 Å². The fraction of sp³-hybridized carbons (Fsp3) is 0.600. The van der Waals surface area contributed by atoms with Crippen molar-refractivity contribution < 1.29 is 27.9 Å². The van der Waals surface area contributed by atoms with Crippen molar-refractivity contribution in [3.63, 3.8) is 0 Å². The maximum atomic E-state index is 12.9. The number of amides is 2. The van der Waals surface area contributed by atoms with Gasteiger partial charge in [-0.05, 0) is 32.8 Å². The molecule has 172 valence electrons. The Morgan fingerprint density at radius 2 is 1.65 bits per heavy atom. The van der Waals surface area contributed by atoms with Crippen LogP contribution in [0.3, 0.4) is 0 Å². The predicted octanol–water partition coefficient (Wildman–Crippen LogP) is -0.178. The second-order valence-electron chi connectivity index (χ2n) is 7.80. The maximum absolute atomic E-state index is 12.9. The van der Waals surface area contributed by atoms with E-state index in [1.54, 1.807) is 28.1 Å². The van der Waals surface area contributed by atoms with Gasteiger partial charge in [-0.1, -0.05) is 6.07 Å². The Morgan fingerprint density at radius 3 is 2.23 bits per heavy atom. The summed E-state index contributed by atoms with van der Waals surface area (Å²) in [6.07, 6.45) is 2.34. The largest absolute Gasteiger partial charge is 0.483 e. The molecule has 31 heavy (non-hydrogen) atoms. The highest BCUT2D eigenvalue weighted by atomic mass is 32.2. The number of sulfone groups is 1. The van der Waals surface area contributed by atoms with Crippen LogP contribution < -0.4 is 5.56 Å². The number of carbonyl (C=O) groups excluding carboxylic acids is 2.